The van der Waals surface area contributed by atoms with Gasteiger partial charge in [0.05, 0.1) is 5.88 Å². The summed E-state index contributed by atoms with van der Waals surface area (Å²) in [5, 5.41) is 2.00. The summed E-state index contributed by atoms with van der Waals surface area (Å²) in [5.74, 6) is 1.04. The molecule has 0 atom stereocenters. The van der Waals surface area contributed by atoms with E-state index in [-0.39, 0.29) is 5.91 Å². The molecule has 1 aliphatic heterocycles. The second-order valence-corrected chi connectivity index (χ2v) is 3.69. The Morgan fingerprint density at radius 1 is 1.64 bits per heavy atom. The molecule has 1 aliphatic rings. The quantitative estimate of drug-likeness (QED) is 0.600. The van der Waals surface area contributed by atoms with Crippen LogP contribution >= 0.6 is 11.8 Å². The Labute approximate surface area is 71.6 Å². The monoisotopic (exact) mass is 171 g/mol. The van der Waals surface area contributed by atoms with Crippen LogP contribution in [0.5, 0.6) is 0 Å². The predicted octanol–water partition coefficient (Wildman–Crippen LogP) is 1.83. The van der Waals surface area contributed by atoms with E-state index < -0.39 is 0 Å². The van der Waals surface area contributed by atoms with Gasteiger partial charge in [-0.2, -0.15) is 0 Å². The van der Waals surface area contributed by atoms with Gasteiger partial charge in [-0.05, 0) is 19.3 Å². The fourth-order valence-corrected chi connectivity index (χ4v) is 1.89. The maximum atomic E-state index is 11.3. The van der Waals surface area contributed by atoms with E-state index >= 15 is 0 Å². The molecule has 0 aromatic carbocycles. The Kier molecular flexibility index (Phi) is 3.00. The summed E-state index contributed by atoms with van der Waals surface area (Å²) in [4.78, 5) is 13.2. The smallest absolute Gasteiger partial charge is 0.227 e. The van der Waals surface area contributed by atoms with Crippen LogP contribution < -0.4 is 0 Å². The third-order valence-electron chi connectivity index (χ3n) is 1.64. The van der Waals surface area contributed by atoms with Crippen LogP contribution in [0, 0.1) is 0 Å². The average molecular weight is 171 g/mol. The summed E-state index contributed by atoms with van der Waals surface area (Å²) >= 11 is 1.68. The predicted molar refractivity (Wildman–Crippen MR) is 48.2 cm³/mol. The second-order valence-electron chi connectivity index (χ2n) is 2.83. The van der Waals surface area contributed by atoms with Crippen LogP contribution in [0.3, 0.4) is 0 Å². The van der Waals surface area contributed by atoms with Crippen LogP contribution in [0.1, 0.15) is 20.3 Å². The molecule has 0 saturated carbocycles. The van der Waals surface area contributed by atoms with Crippen LogP contribution in [0.4, 0.5) is 0 Å². The minimum absolute atomic E-state index is 0.237. The highest BCUT2D eigenvalue weighted by atomic mass is 32.2. The SMILES string of the molecule is CC(C)N1CSC=CCC1=O. The first-order valence-electron chi connectivity index (χ1n) is 3.78. The maximum Gasteiger partial charge on any atom is 0.227 e. The highest BCUT2D eigenvalue weighted by Crippen LogP contribution is 2.15. The van der Waals surface area contributed by atoms with Crippen molar-refractivity contribution >= 4 is 17.7 Å². The van der Waals surface area contributed by atoms with E-state index in [9.17, 15) is 4.79 Å². The van der Waals surface area contributed by atoms with Gasteiger partial charge in [-0.25, -0.2) is 0 Å². The van der Waals surface area contributed by atoms with Gasteiger partial charge in [-0.1, -0.05) is 6.08 Å². The molecule has 62 valence electrons. The fraction of sp³-hybridized carbons (Fsp3) is 0.625. The van der Waals surface area contributed by atoms with Crippen LogP contribution in [0.15, 0.2) is 11.5 Å². The molecule has 2 nitrogen and oxygen atoms in total. The standard InChI is InChI=1S/C8H13NOS/c1-7(2)9-6-11-5-3-4-8(9)10/h3,5,7H,4,6H2,1-2H3. The molecule has 11 heavy (non-hydrogen) atoms. The Morgan fingerprint density at radius 3 is 3.00 bits per heavy atom. The largest absolute Gasteiger partial charge is 0.330 e. The number of thioether (sulfide) groups is 1. The number of amides is 1. The summed E-state index contributed by atoms with van der Waals surface area (Å²) in [6.45, 7) is 4.09. The van der Waals surface area contributed by atoms with Crippen molar-refractivity contribution in [3.05, 3.63) is 11.5 Å². The number of nitrogens with zero attached hydrogens (tertiary/aromatic N) is 1. The second kappa shape index (κ2) is 3.81. The van der Waals surface area contributed by atoms with Crippen molar-refractivity contribution in [1.29, 1.82) is 0 Å². The van der Waals surface area contributed by atoms with Crippen LogP contribution in [-0.4, -0.2) is 22.7 Å². The molecule has 0 spiro atoms. The molecule has 0 aromatic rings. The molecule has 0 bridgehead atoms. The van der Waals surface area contributed by atoms with Gasteiger partial charge >= 0.3 is 0 Å². The zero-order valence-electron chi connectivity index (χ0n) is 6.91. The Bertz CT molecular complexity index is 177. The summed E-state index contributed by atoms with van der Waals surface area (Å²) in [6.07, 6.45) is 2.49. The van der Waals surface area contributed by atoms with Crippen molar-refractivity contribution in [3.8, 4) is 0 Å². The Balaban J connectivity index is 2.58. The number of hydrogen-bond acceptors (Lipinski definition) is 2. The van der Waals surface area contributed by atoms with Gasteiger partial charge in [0.2, 0.25) is 5.91 Å². The molecule has 0 fully saturated rings. The van der Waals surface area contributed by atoms with Crippen LogP contribution in [-0.2, 0) is 4.79 Å². The van der Waals surface area contributed by atoms with Crippen molar-refractivity contribution < 1.29 is 4.79 Å². The lowest BCUT2D eigenvalue weighted by molar-refractivity contribution is -0.130. The number of hydrogen-bond donors (Lipinski definition) is 0. The molecule has 1 amide bonds. The third-order valence-corrected chi connectivity index (χ3v) is 2.45. The normalized spacial score (nSPS) is 19.2. The van der Waals surface area contributed by atoms with E-state index in [1.807, 2.05) is 30.2 Å². The number of carbonyl (C=O) groups excluding carboxylic acids is 1. The third kappa shape index (κ3) is 2.26. The minimum Gasteiger partial charge on any atom is -0.330 e. The zero-order valence-corrected chi connectivity index (χ0v) is 7.73. The van der Waals surface area contributed by atoms with Gasteiger partial charge in [-0.15, -0.1) is 11.8 Å². The highest BCUT2D eigenvalue weighted by Gasteiger charge is 2.16. The minimum atomic E-state index is 0.237. The zero-order chi connectivity index (χ0) is 8.27. The van der Waals surface area contributed by atoms with Gasteiger partial charge < -0.3 is 4.90 Å². The summed E-state index contributed by atoms with van der Waals surface area (Å²) in [7, 11) is 0. The Morgan fingerprint density at radius 2 is 2.36 bits per heavy atom. The highest BCUT2D eigenvalue weighted by molar-refractivity contribution is 8.02. The topological polar surface area (TPSA) is 20.3 Å². The first-order chi connectivity index (χ1) is 5.22. The van der Waals surface area contributed by atoms with E-state index in [2.05, 4.69) is 0 Å². The van der Waals surface area contributed by atoms with Crippen LogP contribution in [0.25, 0.3) is 0 Å². The molecular weight excluding hydrogens is 158 g/mol. The summed E-state index contributed by atoms with van der Waals surface area (Å²) < 4.78 is 0. The fourth-order valence-electron chi connectivity index (χ4n) is 0.967. The first-order valence-corrected chi connectivity index (χ1v) is 4.83. The van der Waals surface area contributed by atoms with E-state index in [0.29, 0.717) is 12.5 Å². The Hall–Kier alpha value is -0.440. The first kappa shape index (κ1) is 8.65. The average Bonchev–Trinajstić information content (AvgIpc) is 2.13. The molecule has 0 N–H and O–H groups in total. The van der Waals surface area contributed by atoms with Gasteiger partial charge in [-0.3, -0.25) is 4.79 Å². The molecule has 3 heteroatoms. The molecule has 0 saturated heterocycles. The molecule has 1 heterocycles. The summed E-state index contributed by atoms with van der Waals surface area (Å²) in [5.41, 5.74) is 0. The van der Waals surface area contributed by atoms with Crippen molar-refractivity contribution in [2.24, 2.45) is 0 Å². The molecule has 0 aromatic heterocycles. The number of rotatable bonds is 1. The molecule has 0 radical (unpaired) electrons. The van der Waals surface area contributed by atoms with Crippen molar-refractivity contribution in [2.45, 2.75) is 26.3 Å². The number of carbonyl (C=O) groups is 1. The van der Waals surface area contributed by atoms with Crippen LogP contribution in [0.2, 0.25) is 0 Å². The van der Waals surface area contributed by atoms with Crippen molar-refractivity contribution in [2.75, 3.05) is 5.88 Å². The van der Waals surface area contributed by atoms with E-state index in [0.717, 1.165) is 5.88 Å². The van der Waals surface area contributed by atoms with Gasteiger partial charge in [0, 0.05) is 12.5 Å². The van der Waals surface area contributed by atoms with Gasteiger partial charge in [0.15, 0.2) is 0 Å². The molecular formula is C8H13NOS. The molecule has 1 rings (SSSR count). The van der Waals surface area contributed by atoms with Gasteiger partial charge in [0.1, 0.15) is 0 Å². The van der Waals surface area contributed by atoms with Crippen molar-refractivity contribution in [1.82, 2.24) is 4.90 Å². The lowest BCUT2D eigenvalue weighted by Gasteiger charge is -2.23. The van der Waals surface area contributed by atoms with E-state index in [1.54, 1.807) is 11.8 Å². The van der Waals surface area contributed by atoms with Crippen molar-refractivity contribution in [3.63, 3.8) is 0 Å². The van der Waals surface area contributed by atoms with Gasteiger partial charge in [0.25, 0.3) is 0 Å². The van der Waals surface area contributed by atoms with E-state index in [1.165, 1.54) is 0 Å². The van der Waals surface area contributed by atoms with E-state index in [4.69, 9.17) is 0 Å². The maximum absolute atomic E-state index is 11.3. The lowest BCUT2D eigenvalue weighted by Crippen LogP contribution is -2.35. The molecule has 0 aliphatic carbocycles. The lowest BCUT2D eigenvalue weighted by atomic mass is 10.3. The molecule has 0 unspecified atom stereocenters. The summed E-state index contributed by atoms with van der Waals surface area (Å²) in [6, 6.07) is 0.329.